The lowest BCUT2D eigenvalue weighted by Crippen LogP contribution is -2.20. The van der Waals surface area contributed by atoms with Gasteiger partial charge in [0.25, 0.3) is 15.9 Å². The Morgan fingerprint density at radius 2 is 1.88 bits per heavy atom. The minimum atomic E-state index is -3.95. The largest absolute Gasteiger partial charge is 0.495 e. The summed E-state index contributed by atoms with van der Waals surface area (Å²) in [5, 5.41) is 5.85. The summed E-state index contributed by atoms with van der Waals surface area (Å²) in [5.41, 5.74) is 3.38. The number of carbonyl (C=O) groups is 1. The molecule has 0 radical (unpaired) electrons. The van der Waals surface area contributed by atoms with Gasteiger partial charge in [0.2, 0.25) is 0 Å². The number of aromatic nitrogens is 2. The van der Waals surface area contributed by atoms with E-state index in [1.165, 1.54) is 13.2 Å². The van der Waals surface area contributed by atoms with Crippen LogP contribution in [-0.4, -0.2) is 38.3 Å². The molecule has 2 aliphatic rings. The second-order valence-corrected chi connectivity index (χ2v) is 10.3. The van der Waals surface area contributed by atoms with Gasteiger partial charge in [0.15, 0.2) is 0 Å². The highest BCUT2D eigenvalue weighted by molar-refractivity contribution is 7.92. The lowest BCUT2D eigenvalue weighted by Gasteiger charge is -2.15. The Labute approximate surface area is 196 Å². The zero-order chi connectivity index (χ0) is 23.6. The fourth-order valence-electron chi connectivity index (χ4n) is 4.53. The number of para-hydroxylation sites is 1. The summed E-state index contributed by atoms with van der Waals surface area (Å²) in [6.45, 7) is 0. The van der Waals surface area contributed by atoms with E-state index in [0.29, 0.717) is 22.7 Å². The van der Waals surface area contributed by atoms with Gasteiger partial charge in [-0.3, -0.25) is 14.2 Å². The van der Waals surface area contributed by atoms with Crippen LogP contribution in [0.15, 0.2) is 65.8 Å². The molecular formula is C25H22N4O4S. The smallest absolute Gasteiger partial charge is 0.265 e. The number of amides is 1. The third kappa shape index (κ3) is 3.15. The van der Waals surface area contributed by atoms with Gasteiger partial charge in [0, 0.05) is 29.6 Å². The van der Waals surface area contributed by atoms with E-state index >= 15 is 0 Å². The molecule has 1 aliphatic carbocycles. The summed E-state index contributed by atoms with van der Waals surface area (Å²) in [4.78, 5) is 14.7. The number of methoxy groups -OCH3 is 1. The molecule has 6 rings (SSSR count). The van der Waals surface area contributed by atoms with Crippen LogP contribution in [0.25, 0.3) is 21.9 Å². The maximum absolute atomic E-state index is 13.3. The number of carbonyl (C=O) groups excluding carboxylic acids is 1. The van der Waals surface area contributed by atoms with Crippen molar-refractivity contribution in [3.05, 3.63) is 66.5 Å². The van der Waals surface area contributed by atoms with Gasteiger partial charge in [-0.05, 0) is 54.8 Å². The average Bonchev–Trinajstić information content (AvgIpc) is 3.52. The molecule has 1 aliphatic heterocycles. The summed E-state index contributed by atoms with van der Waals surface area (Å²) in [7, 11) is -0.790. The van der Waals surface area contributed by atoms with E-state index in [1.54, 1.807) is 48.5 Å². The van der Waals surface area contributed by atoms with Crippen LogP contribution in [0.1, 0.15) is 29.2 Å². The van der Waals surface area contributed by atoms with Gasteiger partial charge >= 0.3 is 0 Å². The summed E-state index contributed by atoms with van der Waals surface area (Å²) >= 11 is 0. The second-order valence-electron chi connectivity index (χ2n) is 8.64. The van der Waals surface area contributed by atoms with E-state index in [1.807, 2.05) is 23.0 Å². The highest BCUT2D eigenvalue weighted by Crippen LogP contribution is 2.43. The molecule has 3 aromatic carbocycles. The Kier molecular flexibility index (Phi) is 4.47. The normalized spacial score (nSPS) is 15.2. The number of hydrogen-bond acceptors (Lipinski definition) is 5. The predicted octanol–water partition coefficient (Wildman–Crippen LogP) is 4.44. The molecule has 1 saturated carbocycles. The van der Waals surface area contributed by atoms with Crippen LogP contribution in [0.4, 0.5) is 11.4 Å². The number of anilines is 2. The van der Waals surface area contributed by atoms with E-state index in [0.717, 1.165) is 35.0 Å². The maximum atomic E-state index is 13.3. The molecule has 0 spiro atoms. The molecular weight excluding hydrogens is 452 g/mol. The van der Waals surface area contributed by atoms with Gasteiger partial charge in [0.05, 0.1) is 36.3 Å². The van der Waals surface area contributed by atoms with Crippen molar-refractivity contribution in [2.45, 2.75) is 23.8 Å². The van der Waals surface area contributed by atoms with Crippen molar-refractivity contribution in [1.82, 2.24) is 9.78 Å². The summed E-state index contributed by atoms with van der Waals surface area (Å²) < 4.78 is 36.5. The molecule has 9 heteroatoms. The Morgan fingerprint density at radius 3 is 2.65 bits per heavy atom. The molecule has 1 aromatic heterocycles. The minimum absolute atomic E-state index is 0.0416. The fourth-order valence-corrected chi connectivity index (χ4v) is 5.78. The van der Waals surface area contributed by atoms with Gasteiger partial charge in [-0.25, -0.2) is 8.42 Å². The second kappa shape index (κ2) is 7.33. The molecule has 8 nitrogen and oxygen atoms in total. The van der Waals surface area contributed by atoms with Gasteiger partial charge in [-0.2, -0.15) is 5.10 Å². The molecule has 1 amide bonds. The third-order valence-corrected chi connectivity index (χ3v) is 7.85. The summed E-state index contributed by atoms with van der Waals surface area (Å²) in [5.74, 6) is 0.130. The van der Waals surface area contributed by atoms with Crippen molar-refractivity contribution in [2.24, 2.45) is 0 Å². The quantitative estimate of drug-likeness (QED) is 0.446. The zero-order valence-corrected chi connectivity index (χ0v) is 19.5. The number of hydrogen-bond donors (Lipinski definition) is 1. The minimum Gasteiger partial charge on any atom is -0.495 e. The maximum Gasteiger partial charge on any atom is 0.265 e. The molecule has 0 atom stereocenters. The predicted molar refractivity (Wildman–Crippen MR) is 130 cm³/mol. The van der Waals surface area contributed by atoms with E-state index in [9.17, 15) is 13.2 Å². The molecule has 1 N–H and O–H groups in total. The third-order valence-electron chi connectivity index (χ3n) is 6.45. The number of sulfonamides is 1. The average molecular weight is 475 g/mol. The van der Waals surface area contributed by atoms with Crippen LogP contribution in [-0.2, 0) is 10.0 Å². The monoisotopic (exact) mass is 474 g/mol. The van der Waals surface area contributed by atoms with Crippen LogP contribution in [0.2, 0.25) is 0 Å². The van der Waals surface area contributed by atoms with Gasteiger partial charge in [-0.1, -0.05) is 12.1 Å². The lowest BCUT2D eigenvalue weighted by molar-refractivity contribution is 0.0999. The molecule has 2 heterocycles. The SMILES string of the molecule is COc1ccccc1S(=O)(=O)Nc1ccc2c3c(cc(-c4cnn(C5CC5)c4)cc13)C(=O)N2C. The standard InChI is InChI=1S/C25H22N4O4S/c1-28-21-10-9-20(27-34(31,32)23-6-4-3-5-22(23)33-2)18-11-15(12-19(24(18)21)25(28)30)16-13-26-29(14-16)17-7-8-17/h3-6,9-14,17,27H,7-8H2,1-2H3. The van der Waals surface area contributed by atoms with E-state index in [4.69, 9.17) is 4.74 Å². The van der Waals surface area contributed by atoms with Crippen molar-refractivity contribution >= 4 is 38.1 Å². The first-order chi connectivity index (χ1) is 16.4. The first-order valence-electron chi connectivity index (χ1n) is 11.0. The topological polar surface area (TPSA) is 93.5 Å². The van der Waals surface area contributed by atoms with Crippen molar-refractivity contribution < 1.29 is 17.9 Å². The first kappa shape index (κ1) is 20.7. The molecule has 0 bridgehead atoms. The van der Waals surface area contributed by atoms with Gasteiger partial charge < -0.3 is 9.64 Å². The highest BCUT2D eigenvalue weighted by atomic mass is 32.2. The Bertz CT molecular complexity index is 1590. The van der Waals surface area contributed by atoms with Crippen LogP contribution in [0.5, 0.6) is 5.75 Å². The first-order valence-corrected chi connectivity index (χ1v) is 12.4. The highest BCUT2D eigenvalue weighted by Gasteiger charge is 2.31. The fraction of sp³-hybridized carbons (Fsp3) is 0.200. The van der Waals surface area contributed by atoms with Crippen LogP contribution in [0.3, 0.4) is 0 Å². The van der Waals surface area contributed by atoms with Crippen molar-refractivity contribution in [1.29, 1.82) is 0 Å². The molecule has 0 saturated heterocycles. The number of ether oxygens (including phenoxy) is 1. The molecule has 34 heavy (non-hydrogen) atoms. The van der Waals surface area contributed by atoms with Crippen molar-refractivity contribution in [3.63, 3.8) is 0 Å². The molecule has 0 unspecified atom stereocenters. The summed E-state index contributed by atoms with van der Waals surface area (Å²) in [6.07, 6.45) is 6.01. The van der Waals surface area contributed by atoms with Crippen molar-refractivity contribution in [3.8, 4) is 16.9 Å². The van der Waals surface area contributed by atoms with Crippen molar-refractivity contribution in [2.75, 3.05) is 23.8 Å². The number of rotatable bonds is 6. The molecule has 4 aromatic rings. The van der Waals surface area contributed by atoms with Gasteiger partial charge in [0.1, 0.15) is 10.6 Å². The van der Waals surface area contributed by atoms with Gasteiger partial charge in [-0.15, -0.1) is 0 Å². The van der Waals surface area contributed by atoms with Crippen LogP contribution < -0.4 is 14.4 Å². The van der Waals surface area contributed by atoms with E-state index in [2.05, 4.69) is 9.82 Å². The Hall–Kier alpha value is -3.85. The molecule has 172 valence electrons. The zero-order valence-electron chi connectivity index (χ0n) is 18.6. The Balaban J connectivity index is 1.52. The van der Waals surface area contributed by atoms with E-state index < -0.39 is 10.0 Å². The van der Waals surface area contributed by atoms with Crippen LogP contribution >= 0.6 is 0 Å². The number of benzene rings is 3. The van der Waals surface area contributed by atoms with E-state index in [-0.39, 0.29) is 16.6 Å². The lowest BCUT2D eigenvalue weighted by atomic mass is 9.98. The number of nitrogens with zero attached hydrogens (tertiary/aromatic N) is 3. The summed E-state index contributed by atoms with van der Waals surface area (Å²) in [6, 6.07) is 14.1. The van der Waals surface area contributed by atoms with Crippen LogP contribution in [0, 0.1) is 0 Å². The Morgan fingerprint density at radius 1 is 1.09 bits per heavy atom. The molecule has 1 fully saturated rings. The number of nitrogens with one attached hydrogen (secondary N) is 1.